The summed E-state index contributed by atoms with van der Waals surface area (Å²) in [5.74, 6) is 1.60. The summed E-state index contributed by atoms with van der Waals surface area (Å²) >= 11 is 0. The molecule has 0 aromatic heterocycles. The summed E-state index contributed by atoms with van der Waals surface area (Å²) in [5.41, 5.74) is 0. The summed E-state index contributed by atoms with van der Waals surface area (Å²) in [6, 6.07) is 0. The van der Waals surface area contributed by atoms with Gasteiger partial charge in [-0.2, -0.15) is 6.42 Å². The smallest absolute Gasteiger partial charge is 0 e. The van der Waals surface area contributed by atoms with Gasteiger partial charge in [-0.05, 0) is 31.1 Å². The van der Waals surface area contributed by atoms with Gasteiger partial charge < -0.3 is 6.92 Å². The van der Waals surface area contributed by atoms with Crippen LogP contribution in [0.15, 0.2) is 37.0 Å². The van der Waals surface area contributed by atoms with E-state index < -0.39 is 0 Å². The molecular weight excluding hydrogens is 668 g/mol. The minimum atomic E-state index is 0. The molecule has 0 aliphatic heterocycles. The monoisotopic (exact) mass is 716 g/mol. The van der Waals surface area contributed by atoms with Crippen molar-refractivity contribution in [2.45, 2.75) is 104 Å². The molecule has 0 saturated carbocycles. The minimum Gasteiger partial charge on any atom is -0.343 e. The van der Waals surface area contributed by atoms with Crippen LogP contribution in [0.5, 0.6) is 0 Å². The first-order valence-corrected chi connectivity index (χ1v) is 11.2. The number of allylic oxidation sites excluding steroid dienone is 5. The van der Waals surface area contributed by atoms with Gasteiger partial charge in [-0.3, -0.25) is 0 Å². The molecule has 0 nitrogen and oxygen atoms in total. The molecule has 0 bridgehead atoms. The van der Waals surface area contributed by atoms with E-state index in [1.807, 2.05) is 12.2 Å². The second kappa shape index (κ2) is 42.6. The Hall–Kier alpha value is 3.51. The summed E-state index contributed by atoms with van der Waals surface area (Å²) < 4.78 is 0. The van der Waals surface area contributed by atoms with Crippen molar-refractivity contribution in [3.63, 3.8) is 0 Å². The third kappa shape index (κ3) is 38.8. The molecule has 0 aromatic carbocycles. The van der Waals surface area contributed by atoms with Crippen LogP contribution in [0.25, 0.3) is 0 Å². The quantitative estimate of drug-likeness (QED) is 0.0850. The third-order valence-corrected chi connectivity index (χ3v) is 4.95. The van der Waals surface area contributed by atoms with Gasteiger partial charge in [-0.15, -0.1) is 6.58 Å². The van der Waals surface area contributed by atoms with E-state index in [0.29, 0.717) is 5.92 Å². The Labute approximate surface area is 292 Å². The molecule has 0 rings (SSSR count). The second-order valence-electron chi connectivity index (χ2n) is 7.28. The predicted octanol–water partition coefficient (Wildman–Crippen LogP) is 9.29. The van der Waals surface area contributed by atoms with E-state index in [1.165, 1.54) is 57.8 Å². The first-order valence-electron chi connectivity index (χ1n) is 11.2. The van der Waals surface area contributed by atoms with Crippen molar-refractivity contribution >= 4 is 0 Å². The molecule has 0 fully saturated rings. The van der Waals surface area contributed by atoms with Gasteiger partial charge in [0.25, 0.3) is 0 Å². The van der Waals surface area contributed by atoms with Crippen LogP contribution in [0.3, 0.4) is 0 Å². The molecule has 0 saturated heterocycles. The molecule has 0 heterocycles. The molecule has 0 aliphatic rings. The molecule has 4 heteroatoms. The Morgan fingerprint density at radius 3 is 1.90 bits per heavy atom. The molecule has 166 valence electrons. The van der Waals surface area contributed by atoms with E-state index in [1.54, 1.807) is 0 Å². The minimum absolute atomic E-state index is 0. The van der Waals surface area contributed by atoms with Gasteiger partial charge in [-0.1, -0.05) is 96.8 Å². The zero-order chi connectivity index (χ0) is 19.9. The van der Waals surface area contributed by atoms with Gasteiger partial charge in [-0.25, -0.2) is 19.1 Å². The van der Waals surface area contributed by atoms with Crippen LogP contribution < -0.4 is 0 Å². The van der Waals surface area contributed by atoms with Crippen LogP contribution in [0.2, 0.25) is 0 Å². The molecule has 2 unspecified atom stereocenters. The van der Waals surface area contributed by atoms with Crippen LogP contribution in [0.1, 0.15) is 104 Å². The topological polar surface area (TPSA) is 0 Å². The third-order valence-electron chi connectivity index (χ3n) is 4.95. The zero-order valence-corrected chi connectivity index (χ0v) is 32.0. The summed E-state index contributed by atoms with van der Waals surface area (Å²) in [6.07, 6.45) is 27.4. The fourth-order valence-electron chi connectivity index (χ4n) is 3.04. The summed E-state index contributed by atoms with van der Waals surface area (Å²) in [6.45, 7) is 18.2. The van der Waals surface area contributed by atoms with Gasteiger partial charge in [0.15, 0.2) is 0 Å². The Balaban J connectivity index is -0.0000000847. The van der Waals surface area contributed by atoms with Crippen molar-refractivity contribution in [3.8, 4) is 0 Å². The zero-order valence-electron chi connectivity index (χ0n) is 20.7. The first kappa shape index (κ1) is 46.8. The van der Waals surface area contributed by atoms with Gasteiger partial charge in [0.1, 0.15) is 0 Å². The molecule has 0 N–H and O–H groups in total. The number of unbranched alkanes of at least 4 members (excludes halogenated alkanes) is 4. The van der Waals surface area contributed by atoms with Crippen LogP contribution in [0, 0.1) is 25.7 Å². The van der Waals surface area contributed by atoms with Crippen LogP contribution in [-0.2, 0) is 131 Å². The van der Waals surface area contributed by atoms with Gasteiger partial charge in [0.05, 0.1) is 0 Å². The Kier molecular flexibility index (Phi) is 66.5. The largest absolute Gasteiger partial charge is 0.343 e. The first-order chi connectivity index (χ1) is 12.7. The van der Waals surface area contributed by atoms with Gasteiger partial charge in [0.2, 0.25) is 0 Å². The maximum atomic E-state index is 3.90. The molecular formula is C26H48Y4-2. The van der Waals surface area contributed by atoms with Crippen LogP contribution in [-0.4, -0.2) is 0 Å². The van der Waals surface area contributed by atoms with Gasteiger partial charge >= 0.3 is 0 Å². The van der Waals surface area contributed by atoms with Crippen LogP contribution in [0.4, 0.5) is 0 Å². The molecule has 0 spiro atoms. The van der Waals surface area contributed by atoms with Crippen LogP contribution >= 0.6 is 0 Å². The molecule has 0 amide bonds. The van der Waals surface area contributed by atoms with Crippen molar-refractivity contribution in [1.82, 2.24) is 0 Å². The number of rotatable bonds is 16. The van der Waals surface area contributed by atoms with E-state index in [9.17, 15) is 0 Å². The Morgan fingerprint density at radius 2 is 1.43 bits per heavy atom. The second-order valence-corrected chi connectivity index (χ2v) is 7.28. The van der Waals surface area contributed by atoms with Crippen molar-refractivity contribution < 1.29 is 131 Å². The van der Waals surface area contributed by atoms with E-state index >= 15 is 0 Å². The van der Waals surface area contributed by atoms with E-state index in [0.717, 1.165) is 31.6 Å². The summed E-state index contributed by atoms with van der Waals surface area (Å²) in [4.78, 5) is 0. The van der Waals surface area contributed by atoms with Crippen molar-refractivity contribution in [2.24, 2.45) is 11.8 Å². The maximum Gasteiger partial charge on any atom is 0 e. The Morgan fingerprint density at radius 1 is 0.800 bits per heavy atom. The van der Waals surface area contributed by atoms with E-state index in [-0.39, 0.29) is 131 Å². The van der Waals surface area contributed by atoms with Crippen molar-refractivity contribution in [3.05, 3.63) is 50.8 Å². The number of hydrogen-bond donors (Lipinski definition) is 0. The average Bonchev–Trinajstić information content (AvgIpc) is 2.67. The van der Waals surface area contributed by atoms with Crippen molar-refractivity contribution in [1.29, 1.82) is 0 Å². The molecule has 0 aliphatic carbocycles. The molecule has 30 heavy (non-hydrogen) atoms. The fourth-order valence-corrected chi connectivity index (χ4v) is 3.04. The summed E-state index contributed by atoms with van der Waals surface area (Å²) in [5, 5.41) is 0. The molecule has 0 aromatic rings. The SMILES string of the molecule is C=CC(C/C=C/[CH2-])CC/C=C\CC.[CH2-]CCCC(CC)CCCCCC.[Y].[Y].[Y].[Y]. The van der Waals surface area contributed by atoms with Crippen molar-refractivity contribution in [2.75, 3.05) is 0 Å². The Bertz CT molecular complexity index is 327. The predicted molar refractivity (Wildman–Crippen MR) is 123 cm³/mol. The normalized spacial score (nSPS) is 11.7. The molecule has 2 atom stereocenters. The standard InChI is InChI=1S/C13H27.C13H21.4Y/c2*1-4-7-9-10-12-13(6-3)11-8-5-2;;;;/h13H,2,4-12H2,1,3H3;5-9,13H,2-4,10-12H2,1H3;;;;/q2*-1;;;;/b;8-5+,9-7-;;;;. The molecule has 4 radical (unpaired) electrons. The maximum absolute atomic E-state index is 3.90. The van der Waals surface area contributed by atoms with E-state index in [2.05, 4.69) is 59.4 Å². The summed E-state index contributed by atoms with van der Waals surface area (Å²) in [7, 11) is 0. The number of hydrogen-bond acceptors (Lipinski definition) is 0. The van der Waals surface area contributed by atoms with E-state index in [4.69, 9.17) is 0 Å². The average molecular weight is 716 g/mol. The van der Waals surface area contributed by atoms with Gasteiger partial charge in [0, 0.05) is 131 Å². The fraction of sp³-hybridized carbons (Fsp3) is 0.692.